The first-order chi connectivity index (χ1) is 16.0. The number of carbonyl (C=O) groups is 1. The molecule has 1 aliphatic carbocycles. The first-order valence-electron chi connectivity index (χ1n) is 11.5. The van der Waals surface area contributed by atoms with Crippen LogP contribution in [0.2, 0.25) is 0 Å². The molecule has 0 aromatic heterocycles. The van der Waals surface area contributed by atoms with Crippen LogP contribution in [0.25, 0.3) is 10.8 Å². The Balaban J connectivity index is 1.25. The SMILES string of the molecule is CCOc1ccc(S(=O)(=O)N2CCC(C(=O)Nc3ccc4c5c(cccc35)CC4)CC2)cc1. The molecule has 0 spiro atoms. The third-order valence-electron chi connectivity index (χ3n) is 6.73. The highest BCUT2D eigenvalue weighted by atomic mass is 32.2. The average molecular weight is 465 g/mol. The minimum absolute atomic E-state index is 0.0354. The summed E-state index contributed by atoms with van der Waals surface area (Å²) in [6.07, 6.45) is 3.10. The zero-order chi connectivity index (χ0) is 23.0. The molecule has 1 fully saturated rings. The number of rotatable bonds is 6. The minimum atomic E-state index is -3.59. The van der Waals surface area contributed by atoms with Crippen molar-refractivity contribution in [2.75, 3.05) is 25.0 Å². The van der Waals surface area contributed by atoms with Gasteiger partial charge in [-0.3, -0.25) is 4.79 Å². The highest BCUT2D eigenvalue weighted by Crippen LogP contribution is 2.35. The molecule has 0 saturated carbocycles. The van der Waals surface area contributed by atoms with Gasteiger partial charge < -0.3 is 10.1 Å². The molecule has 33 heavy (non-hydrogen) atoms. The fourth-order valence-corrected chi connectivity index (χ4v) is 6.44. The Morgan fingerprint density at radius 3 is 2.39 bits per heavy atom. The van der Waals surface area contributed by atoms with Gasteiger partial charge in [-0.05, 0) is 79.5 Å². The van der Waals surface area contributed by atoms with Crippen LogP contribution in [0.4, 0.5) is 5.69 Å². The third-order valence-corrected chi connectivity index (χ3v) is 8.64. The average Bonchev–Trinajstić information content (AvgIpc) is 3.26. The number of carbonyl (C=O) groups excluding carboxylic acids is 1. The lowest BCUT2D eigenvalue weighted by atomic mass is 9.96. The van der Waals surface area contributed by atoms with Crippen molar-refractivity contribution in [1.29, 1.82) is 0 Å². The molecular formula is C26H28N2O4S. The number of hydrogen-bond donors (Lipinski definition) is 1. The van der Waals surface area contributed by atoms with Crippen LogP contribution in [0.3, 0.4) is 0 Å². The van der Waals surface area contributed by atoms with Crippen LogP contribution in [0.5, 0.6) is 5.75 Å². The molecular weight excluding hydrogens is 436 g/mol. The van der Waals surface area contributed by atoms with Gasteiger partial charge in [-0.1, -0.05) is 24.3 Å². The molecule has 1 amide bonds. The molecule has 1 saturated heterocycles. The maximum absolute atomic E-state index is 13.0. The Morgan fingerprint density at radius 1 is 1.00 bits per heavy atom. The first kappa shape index (κ1) is 21.9. The smallest absolute Gasteiger partial charge is 0.243 e. The van der Waals surface area contributed by atoms with E-state index in [1.54, 1.807) is 24.3 Å². The zero-order valence-corrected chi connectivity index (χ0v) is 19.5. The van der Waals surface area contributed by atoms with E-state index in [9.17, 15) is 13.2 Å². The summed E-state index contributed by atoms with van der Waals surface area (Å²) in [5.74, 6) is 0.404. The second-order valence-corrected chi connectivity index (χ2v) is 10.6. The van der Waals surface area contributed by atoms with E-state index in [1.165, 1.54) is 20.8 Å². The predicted molar refractivity (Wildman–Crippen MR) is 129 cm³/mol. The fraction of sp³-hybridized carbons (Fsp3) is 0.346. The lowest BCUT2D eigenvalue weighted by Gasteiger charge is -2.30. The molecule has 6 nitrogen and oxygen atoms in total. The summed E-state index contributed by atoms with van der Waals surface area (Å²) < 4.78 is 32.9. The van der Waals surface area contributed by atoms with Crippen molar-refractivity contribution in [1.82, 2.24) is 4.31 Å². The molecule has 172 valence electrons. The van der Waals surface area contributed by atoms with E-state index in [4.69, 9.17) is 4.74 Å². The van der Waals surface area contributed by atoms with Gasteiger partial charge in [-0.2, -0.15) is 4.31 Å². The number of piperidine rings is 1. The normalized spacial score (nSPS) is 16.8. The number of anilines is 1. The number of aryl methyl sites for hydroxylation is 2. The maximum atomic E-state index is 13.0. The molecule has 0 radical (unpaired) electrons. The predicted octanol–water partition coefficient (Wildman–Crippen LogP) is 4.38. The van der Waals surface area contributed by atoms with Gasteiger partial charge in [0.15, 0.2) is 0 Å². The number of sulfonamides is 1. The Labute approximate surface area is 194 Å². The quantitative estimate of drug-likeness (QED) is 0.588. The van der Waals surface area contributed by atoms with Crippen LogP contribution in [0.15, 0.2) is 59.5 Å². The molecule has 1 aliphatic heterocycles. The minimum Gasteiger partial charge on any atom is -0.494 e. The Hall–Kier alpha value is -2.90. The standard InChI is InChI=1S/C26H28N2O4S/c1-2-32-21-9-11-22(12-10-21)33(30,31)28-16-14-20(15-17-28)26(29)27-24-13-8-19-7-6-18-4-3-5-23(24)25(18)19/h3-5,8-13,20H,2,6-7,14-17H2,1H3,(H,27,29). The number of nitrogens with one attached hydrogen (secondary N) is 1. The van der Waals surface area contributed by atoms with Crippen LogP contribution in [0.1, 0.15) is 30.9 Å². The van der Waals surface area contributed by atoms with Gasteiger partial charge in [0.2, 0.25) is 15.9 Å². The number of benzene rings is 3. The summed E-state index contributed by atoms with van der Waals surface area (Å²) in [4.78, 5) is 13.3. The summed E-state index contributed by atoms with van der Waals surface area (Å²) in [5.41, 5.74) is 3.52. The monoisotopic (exact) mass is 464 g/mol. The van der Waals surface area contributed by atoms with Crippen LogP contribution in [-0.2, 0) is 27.7 Å². The molecule has 3 aromatic rings. The van der Waals surface area contributed by atoms with Gasteiger partial charge in [0, 0.05) is 30.1 Å². The molecule has 5 rings (SSSR count). The van der Waals surface area contributed by atoms with E-state index >= 15 is 0 Å². The summed E-state index contributed by atoms with van der Waals surface area (Å²) >= 11 is 0. The molecule has 7 heteroatoms. The van der Waals surface area contributed by atoms with Gasteiger partial charge >= 0.3 is 0 Å². The van der Waals surface area contributed by atoms with Crippen LogP contribution < -0.4 is 10.1 Å². The van der Waals surface area contributed by atoms with Gasteiger partial charge in [0.05, 0.1) is 11.5 Å². The van der Waals surface area contributed by atoms with E-state index in [2.05, 4.69) is 23.5 Å². The van der Waals surface area contributed by atoms with Gasteiger partial charge in [-0.15, -0.1) is 0 Å². The van der Waals surface area contributed by atoms with Crippen LogP contribution >= 0.6 is 0 Å². The number of amides is 1. The Kier molecular flexibility index (Phi) is 5.85. The number of ether oxygens (including phenoxy) is 1. The molecule has 3 aromatic carbocycles. The molecule has 0 atom stereocenters. The summed E-state index contributed by atoms with van der Waals surface area (Å²) in [6, 6.07) is 16.9. The van der Waals surface area contributed by atoms with Crippen LogP contribution in [0, 0.1) is 5.92 Å². The van der Waals surface area contributed by atoms with Crippen LogP contribution in [-0.4, -0.2) is 38.3 Å². The first-order valence-corrected chi connectivity index (χ1v) is 13.0. The fourth-order valence-electron chi connectivity index (χ4n) is 4.97. The topological polar surface area (TPSA) is 75.7 Å². The number of hydrogen-bond acceptors (Lipinski definition) is 4. The van der Waals surface area contributed by atoms with Crippen molar-refractivity contribution >= 4 is 32.4 Å². The van der Waals surface area contributed by atoms with Crippen molar-refractivity contribution in [3.8, 4) is 5.75 Å². The van der Waals surface area contributed by atoms with Gasteiger partial charge in [-0.25, -0.2) is 8.42 Å². The van der Waals surface area contributed by atoms with E-state index in [-0.39, 0.29) is 16.7 Å². The summed E-state index contributed by atoms with van der Waals surface area (Å²) in [6.45, 7) is 3.08. The second kappa shape index (κ2) is 8.80. The van der Waals surface area contributed by atoms with E-state index in [1.807, 2.05) is 19.1 Å². The van der Waals surface area contributed by atoms with Crippen molar-refractivity contribution in [3.05, 3.63) is 65.7 Å². The highest BCUT2D eigenvalue weighted by Gasteiger charge is 2.32. The van der Waals surface area contributed by atoms with E-state index < -0.39 is 10.0 Å². The molecule has 0 unspecified atom stereocenters. The van der Waals surface area contributed by atoms with Crippen molar-refractivity contribution in [3.63, 3.8) is 0 Å². The molecule has 1 heterocycles. The van der Waals surface area contributed by atoms with Crippen molar-refractivity contribution < 1.29 is 17.9 Å². The van der Waals surface area contributed by atoms with E-state index in [0.29, 0.717) is 38.3 Å². The van der Waals surface area contributed by atoms with Gasteiger partial charge in [0.1, 0.15) is 5.75 Å². The second-order valence-electron chi connectivity index (χ2n) is 8.68. The lowest BCUT2D eigenvalue weighted by Crippen LogP contribution is -2.41. The molecule has 0 bridgehead atoms. The third kappa shape index (κ3) is 4.11. The Bertz CT molecular complexity index is 1280. The summed E-state index contributed by atoms with van der Waals surface area (Å²) in [5, 5.41) is 5.48. The molecule has 1 N–H and O–H groups in total. The van der Waals surface area contributed by atoms with Gasteiger partial charge in [0.25, 0.3) is 0 Å². The summed E-state index contributed by atoms with van der Waals surface area (Å²) in [7, 11) is -3.59. The number of nitrogens with zero attached hydrogens (tertiary/aromatic N) is 1. The Morgan fingerprint density at radius 2 is 1.70 bits per heavy atom. The largest absolute Gasteiger partial charge is 0.494 e. The molecule has 2 aliphatic rings. The van der Waals surface area contributed by atoms with Crippen molar-refractivity contribution in [2.24, 2.45) is 5.92 Å². The maximum Gasteiger partial charge on any atom is 0.243 e. The van der Waals surface area contributed by atoms with E-state index in [0.717, 1.165) is 23.9 Å². The van der Waals surface area contributed by atoms with Crippen molar-refractivity contribution in [2.45, 2.75) is 37.5 Å². The zero-order valence-electron chi connectivity index (χ0n) is 18.7. The highest BCUT2D eigenvalue weighted by molar-refractivity contribution is 7.89. The lowest BCUT2D eigenvalue weighted by molar-refractivity contribution is -0.120.